The fourth-order valence-corrected chi connectivity index (χ4v) is 1.81. The van der Waals surface area contributed by atoms with Crippen LogP contribution in [0.4, 0.5) is 11.7 Å². The molecule has 0 aliphatic rings. The van der Waals surface area contributed by atoms with Crippen LogP contribution in [0, 0.1) is 0 Å². The van der Waals surface area contributed by atoms with Crippen LogP contribution in [0.3, 0.4) is 0 Å². The zero-order valence-electron chi connectivity index (χ0n) is 11.0. The highest BCUT2D eigenvalue weighted by Gasteiger charge is 2.06. The maximum atomic E-state index is 9.69. The third-order valence-electron chi connectivity index (χ3n) is 2.82. The summed E-state index contributed by atoms with van der Waals surface area (Å²) < 4.78 is 5.17. The maximum Gasteiger partial charge on any atom is 0.313 e. The Bertz CT molecular complexity index is 796. The van der Waals surface area contributed by atoms with Crippen molar-refractivity contribution >= 4 is 17.9 Å². The average molecular weight is 280 g/mol. The topological polar surface area (TPSA) is 97.5 Å². The van der Waals surface area contributed by atoms with Crippen molar-refractivity contribution in [1.29, 1.82) is 0 Å². The van der Waals surface area contributed by atoms with E-state index in [1.54, 1.807) is 30.5 Å². The number of anilines is 1. The first-order valence-corrected chi connectivity index (χ1v) is 6.24. The molecule has 0 saturated carbocycles. The molecule has 6 heteroatoms. The summed E-state index contributed by atoms with van der Waals surface area (Å²) in [7, 11) is 0. The number of phenolic OH excluding ortho intramolecular Hbond substituents is 1. The van der Waals surface area contributed by atoms with Gasteiger partial charge < -0.3 is 15.3 Å². The van der Waals surface area contributed by atoms with E-state index in [1.807, 2.05) is 24.3 Å². The van der Waals surface area contributed by atoms with Crippen molar-refractivity contribution < 1.29 is 9.52 Å². The maximum absolute atomic E-state index is 9.69. The summed E-state index contributed by atoms with van der Waals surface area (Å²) in [6.45, 7) is 0. The van der Waals surface area contributed by atoms with Crippen LogP contribution < -0.4 is 5.73 Å². The van der Waals surface area contributed by atoms with Gasteiger partial charge in [-0.05, 0) is 30.3 Å². The highest BCUT2D eigenvalue weighted by molar-refractivity contribution is 5.85. The molecule has 0 saturated heterocycles. The second-order valence-electron chi connectivity index (χ2n) is 4.31. The average Bonchev–Trinajstić information content (AvgIpc) is 2.93. The molecular formula is C15H12N4O2. The van der Waals surface area contributed by atoms with E-state index in [0.29, 0.717) is 17.1 Å². The van der Waals surface area contributed by atoms with Gasteiger partial charge in [-0.15, -0.1) is 5.10 Å². The smallest absolute Gasteiger partial charge is 0.313 e. The molecule has 3 aromatic rings. The number of benzene rings is 2. The van der Waals surface area contributed by atoms with Crippen LogP contribution in [-0.2, 0) is 0 Å². The summed E-state index contributed by atoms with van der Waals surface area (Å²) in [5, 5.41) is 17.1. The summed E-state index contributed by atoms with van der Waals surface area (Å²) >= 11 is 0. The lowest BCUT2D eigenvalue weighted by Gasteiger charge is -1.99. The minimum atomic E-state index is 0.0214. The monoisotopic (exact) mass is 280 g/mol. The Morgan fingerprint density at radius 3 is 2.71 bits per heavy atom. The molecule has 104 valence electrons. The molecule has 0 bridgehead atoms. The second kappa shape index (κ2) is 5.46. The first-order valence-electron chi connectivity index (χ1n) is 6.24. The largest absolute Gasteiger partial charge is 0.507 e. The molecule has 6 nitrogen and oxygen atoms in total. The molecule has 0 radical (unpaired) electrons. The quantitative estimate of drug-likeness (QED) is 0.719. The van der Waals surface area contributed by atoms with Crippen LogP contribution in [0.25, 0.3) is 11.5 Å². The molecule has 21 heavy (non-hydrogen) atoms. The van der Waals surface area contributed by atoms with E-state index in [-0.39, 0.29) is 11.8 Å². The van der Waals surface area contributed by atoms with Crippen LogP contribution in [0.2, 0.25) is 0 Å². The lowest BCUT2D eigenvalue weighted by atomic mass is 10.2. The van der Waals surface area contributed by atoms with Gasteiger partial charge in [0, 0.05) is 17.3 Å². The minimum absolute atomic E-state index is 0.0214. The molecule has 0 aliphatic heterocycles. The zero-order valence-corrected chi connectivity index (χ0v) is 11.0. The van der Waals surface area contributed by atoms with Gasteiger partial charge in [-0.2, -0.15) is 0 Å². The molecular weight excluding hydrogens is 268 g/mol. The van der Waals surface area contributed by atoms with Crippen molar-refractivity contribution in [3.8, 4) is 17.2 Å². The Morgan fingerprint density at radius 1 is 1.10 bits per heavy atom. The molecule has 2 aromatic carbocycles. The zero-order chi connectivity index (χ0) is 14.7. The number of aliphatic imine (C=N–C) groups is 1. The number of aromatic nitrogens is 2. The minimum Gasteiger partial charge on any atom is -0.507 e. The molecule has 0 unspecified atom stereocenters. The number of nitrogens with zero attached hydrogens (tertiary/aromatic N) is 3. The normalized spacial score (nSPS) is 11.0. The first-order chi connectivity index (χ1) is 10.2. The highest BCUT2D eigenvalue weighted by atomic mass is 16.4. The van der Waals surface area contributed by atoms with Crippen molar-refractivity contribution in [2.45, 2.75) is 0 Å². The summed E-state index contributed by atoms with van der Waals surface area (Å²) in [5.41, 5.74) is 7.48. The number of nitrogen functional groups attached to an aromatic ring is 1. The molecule has 1 heterocycles. The summed E-state index contributed by atoms with van der Waals surface area (Å²) in [6.07, 6.45) is 1.59. The highest BCUT2D eigenvalue weighted by Crippen LogP contribution is 2.24. The van der Waals surface area contributed by atoms with Crippen molar-refractivity contribution in [3.05, 3.63) is 54.1 Å². The van der Waals surface area contributed by atoms with Crippen LogP contribution in [0.5, 0.6) is 5.75 Å². The van der Waals surface area contributed by atoms with E-state index < -0.39 is 0 Å². The Balaban J connectivity index is 1.88. The van der Waals surface area contributed by atoms with Crippen molar-refractivity contribution in [3.63, 3.8) is 0 Å². The third kappa shape index (κ3) is 2.89. The Hall–Kier alpha value is -3.15. The van der Waals surface area contributed by atoms with Gasteiger partial charge in [-0.1, -0.05) is 23.3 Å². The number of para-hydroxylation sites is 1. The molecule has 0 fully saturated rings. The summed E-state index contributed by atoms with van der Waals surface area (Å²) in [5.74, 6) is 0.522. The van der Waals surface area contributed by atoms with Gasteiger partial charge in [-0.25, -0.2) is 0 Å². The molecule has 3 N–H and O–H groups in total. The van der Waals surface area contributed by atoms with E-state index >= 15 is 0 Å². The van der Waals surface area contributed by atoms with Gasteiger partial charge in [0.1, 0.15) is 5.75 Å². The van der Waals surface area contributed by atoms with Crippen LogP contribution in [0.15, 0.2) is 57.9 Å². The number of hydrogen-bond donors (Lipinski definition) is 2. The number of nitrogens with two attached hydrogens (primary N) is 1. The van der Waals surface area contributed by atoms with E-state index in [1.165, 1.54) is 0 Å². The summed E-state index contributed by atoms with van der Waals surface area (Å²) in [4.78, 5) is 4.32. The molecule has 1 aromatic heterocycles. The van der Waals surface area contributed by atoms with Crippen LogP contribution in [-0.4, -0.2) is 21.5 Å². The number of aromatic hydroxyl groups is 1. The third-order valence-corrected chi connectivity index (χ3v) is 2.82. The van der Waals surface area contributed by atoms with Crippen LogP contribution in [0.1, 0.15) is 5.56 Å². The van der Waals surface area contributed by atoms with Gasteiger partial charge >= 0.3 is 6.01 Å². The number of hydrogen-bond acceptors (Lipinski definition) is 6. The van der Waals surface area contributed by atoms with Gasteiger partial charge in [-0.3, -0.25) is 4.99 Å². The fraction of sp³-hybridized carbons (Fsp3) is 0. The van der Waals surface area contributed by atoms with E-state index in [0.717, 1.165) is 5.56 Å². The molecule has 0 aliphatic carbocycles. The standard InChI is InChI=1S/C15H12N4O2/c16-15-19-18-14(21-15)10-5-3-6-12(8-10)17-9-11-4-1-2-7-13(11)20/h1-9,20H,(H2,16,19). The van der Waals surface area contributed by atoms with Gasteiger partial charge in [0.25, 0.3) is 0 Å². The number of phenols is 1. The molecule has 0 atom stereocenters. The molecule has 0 spiro atoms. The van der Waals surface area contributed by atoms with Crippen molar-refractivity contribution in [2.75, 3.05) is 5.73 Å². The van der Waals surface area contributed by atoms with Gasteiger partial charge in [0.15, 0.2) is 0 Å². The Morgan fingerprint density at radius 2 is 1.95 bits per heavy atom. The first kappa shape index (κ1) is 12.9. The molecule has 3 rings (SSSR count). The SMILES string of the molecule is Nc1nnc(-c2cccc(N=Cc3ccccc3O)c2)o1. The predicted molar refractivity (Wildman–Crippen MR) is 79.5 cm³/mol. The predicted octanol–water partition coefficient (Wildman–Crippen LogP) is 2.78. The van der Waals surface area contributed by atoms with E-state index in [4.69, 9.17) is 10.2 Å². The van der Waals surface area contributed by atoms with Gasteiger partial charge in [0.05, 0.1) is 5.69 Å². The molecule has 0 amide bonds. The van der Waals surface area contributed by atoms with Crippen LogP contribution >= 0.6 is 0 Å². The summed E-state index contributed by atoms with van der Waals surface area (Å²) in [6, 6.07) is 14.3. The van der Waals surface area contributed by atoms with E-state index in [2.05, 4.69) is 15.2 Å². The Kier molecular flexibility index (Phi) is 3.34. The van der Waals surface area contributed by atoms with Crippen molar-refractivity contribution in [1.82, 2.24) is 10.2 Å². The second-order valence-corrected chi connectivity index (χ2v) is 4.31. The lowest BCUT2D eigenvalue weighted by molar-refractivity contribution is 0.474. The number of rotatable bonds is 3. The van der Waals surface area contributed by atoms with Crippen molar-refractivity contribution in [2.24, 2.45) is 4.99 Å². The van der Waals surface area contributed by atoms with E-state index in [9.17, 15) is 5.11 Å². The Labute approximate surface area is 120 Å². The fourth-order valence-electron chi connectivity index (χ4n) is 1.81. The van der Waals surface area contributed by atoms with Gasteiger partial charge in [0.2, 0.25) is 5.89 Å². The lowest BCUT2D eigenvalue weighted by Crippen LogP contribution is -1.81.